The minimum atomic E-state index is -3.65. The Labute approximate surface area is 173 Å². The van der Waals surface area contributed by atoms with E-state index in [0.29, 0.717) is 12.8 Å². The summed E-state index contributed by atoms with van der Waals surface area (Å²) in [4.78, 5) is 31.0. The lowest BCUT2D eigenvalue weighted by molar-refractivity contribution is 0.0999. The van der Waals surface area contributed by atoms with Gasteiger partial charge in [-0.15, -0.1) is 0 Å². The first-order valence-electron chi connectivity index (χ1n) is 9.60. The number of nitrogens with zero attached hydrogens (tertiary/aromatic N) is 1. The van der Waals surface area contributed by atoms with Crippen LogP contribution in [0.15, 0.2) is 34.0 Å². The number of carbonyl (C=O) groups excluding carboxylic acids is 1. The van der Waals surface area contributed by atoms with E-state index >= 15 is 0 Å². The number of nitrogens with one attached hydrogen (secondary N) is 3. The van der Waals surface area contributed by atoms with Gasteiger partial charge < -0.3 is 21.5 Å². The molecule has 0 aliphatic heterocycles. The standard InChI is InChI=1S/C19H25N5O5S/c1-10(2)30(28,29)14-9-4-3-6-12(14)21-17-15(16(20)26)18(27)24-19(23-17)22-11-7-5-8-13(11)25/h3-4,6,9-11,13,25H,5,7-8H2,1-2H3,(H2,20,26)(H3,21,22,23,24,27)/t11-,13-/m1/s1. The molecule has 1 aromatic carbocycles. The lowest BCUT2D eigenvalue weighted by atomic mass is 10.2. The van der Waals surface area contributed by atoms with Crippen molar-refractivity contribution in [2.75, 3.05) is 10.6 Å². The van der Waals surface area contributed by atoms with Gasteiger partial charge in [-0.3, -0.25) is 14.6 Å². The molecule has 1 heterocycles. The van der Waals surface area contributed by atoms with E-state index in [1.54, 1.807) is 26.0 Å². The molecule has 1 aliphatic carbocycles. The van der Waals surface area contributed by atoms with Crippen LogP contribution in [-0.4, -0.2) is 46.8 Å². The van der Waals surface area contributed by atoms with Gasteiger partial charge >= 0.3 is 0 Å². The number of para-hydroxylation sites is 1. The van der Waals surface area contributed by atoms with Gasteiger partial charge in [0.25, 0.3) is 11.5 Å². The monoisotopic (exact) mass is 435 g/mol. The molecule has 30 heavy (non-hydrogen) atoms. The Bertz CT molecular complexity index is 1110. The van der Waals surface area contributed by atoms with Gasteiger partial charge in [0.05, 0.1) is 28.0 Å². The van der Waals surface area contributed by atoms with Crippen LogP contribution in [0.1, 0.15) is 43.5 Å². The van der Waals surface area contributed by atoms with Gasteiger partial charge in [0.15, 0.2) is 15.7 Å². The smallest absolute Gasteiger partial charge is 0.267 e. The number of rotatable bonds is 7. The molecule has 0 bridgehead atoms. The molecule has 1 aliphatic rings. The summed E-state index contributed by atoms with van der Waals surface area (Å²) in [6, 6.07) is 5.84. The van der Waals surface area contributed by atoms with Crippen molar-refractivity contribution in [1.29, 1.82) is 0 Å². The third-order valence-corrected chi connectivity index (χ3v) is 7.24. The number of hydrogen-bond acceptors (Lipinski definition) is 8. The Balaban J connectivity index is 2.05. The summed E-state index contributed by atoms with van der Waals surface area (Å²) in [5, 5.41) is 15.1. The predicted octanol–water partition coefficient (Wildman–Crippen LogP) is 1.12. The molecular weight excluding hydrogens is 410 g/mol. The van der Waals surface area contributed by atoms with Crippen LogP contribution < -0.4 is 21.9 Å². The zero-order valence-electron chi connectivity index (χ0n) is 16.7. The normalized spacial score (nSPS) is 19.1. The summed E-state index contributed by atoms with van der Waals surface area (Å²) in [6.45, 7) is 3.11. The summed E-state index contributed by atoms with van der Waals surface area (Å²) in [5.74, 6) is -1.14. The molecule has 6 N–H and O–H groups in total. The number of nitrogens with two attached hydrogens (primary N) is 1. The van der Waals surface area contributed by atoms with E-state index in [9.17, 15) is 23.1 Å². The molecule has 0 unspecified atom stereocenters. The first kappa shape index (κ1) is 21.8. The number of aliphatic hydroxyl groups is 1. The number of anilines is 3. The second-order valence-corrected chi connectivity index (χ2v) is 9.94. The summed E-state index contributed by atoms with van der Waals surface area (Å²) in [7, 11) is -3.65. The maximum Gasteiger partial charge on any atom is 0.267 e. The lowest BCUT2D eigenvalue weighted by Crippen LogP contribution is -2.32. The Morgan fingerprint density at radius 1 is 1.30 bits per heavy atom. The van der Waals surface area contributed by atoms with E-state index in [0.717, 1.165) is 6.42 Å². The quantitative estimate of drug-likeness (QED) is 0.431. The molecule has 2 atom stereocenters. The number of aromatic amines is 1. The predicted molar refractivity (Wildman–Crippen MR) is 113 cm³/mol. The van der Waals surface area contributed by atoms with Crippen molar-refractivity contribution in [3.63, 3.8) is 0 Å². The molecule has 1 saturated carbocycles. The van der Waals surface area contributed by atoms with Crippen LogP contribution in [0.4, 0.5) is 17.5 Å². The van der Waals surface area contributed by atoms with Gasteiger partial charge in [-0.05, 0) is 45.2 Å². The number of primary amides is 1. The van der Waals surface area contributed by atoms with Gasteiger partial charge in [0.1, 0.15) is 5.56 Å². The molecule has 3 rings (SSSR count). The molecule has 11 heteroatoms. The number of aromatic nitrogens is 2. The maximum atomic E-state index is 12.7. The molecule has 0 radical (unpaired) electrons. The average Bonchev–Trinajstić information content (AvgIpc) is 3.06. The zero-order valence-corrected chi connectivity index (χ0v) is 17.5. The average molecular weight is 436 g/mol. The van der Waals surface area contributed by atoms with E-state index in [1.165, 1.54) is 12.1 Å². The summed E-state index contributed by atoms with van der Waals surface area (Å²) < 4.78 is 25.4. The summed E-state index contributed by atoms with van der Waals surface area (Å²) in [6.07, 6.45) is 1.57. The van der Waals surface area contributed by atoms with Gasteiger partial charge in [0, 0.05) is 0 Å². The Hall–Kier alpha value is -2.92. The SMILES string of the molecule is CC(C)S(=O)(=O)c1ccccc1Nc1nc(N[C@@H]2CCC[C@H]2O)[nH]c(=O)c1C(N)=O. The second-order valence-electron chi connectivity index (χ2n) is 7.47. The van der Waals surface area contributed by atoms with E-state index in [-0.39, 0.29) is 28.4 Å². The molecule has 2 aromatic rings. The van der Waals surface area contributed by atoms with Crippen molar-refractivity contribution in [3.05, 3.63) is 40.2 Å². The number of hydrogen-bond donors (Lipinski definition) is 5. The third kappa shape index (κ3) is 4.31. The van der Waals surface area contributed by atoms with Crippen LogP contribution in [-0.2, 0) is 9.84 Å². The summed E-state index contributed by atoms with van der Waals surface area (Å²) in [5.41, 5.74) is 4.32. The Morgan fingerprint density at radius 2 is 2.00 bits per heavy atom. The van der Waals surface area contributed by atoms with E-state index in [1.807, 2.05) is 0 Å². The molecule has 162 valence electrons. The van der Waals surface area contributed by atoms with Crippen molar-refractivity contribution in [2.45, 2.75) is 55.4 Å². The van der Waals surface area contributed by atoms with Crippen molar-refractivity contribution < 1.29 is 18.3 Å². The second kappa shape index (κ2) is 8.44. The fourth-order valence-electron chi connectivity index (χ4n) is 3.34. The lowest BCUT2D eigenvalue weighted by Gasteiger charge is -2.19. The number of aliphatic hydroxyl groups excluding tert-OH is 1. The molecule has 10 nitrogen and oxygen atoms in total. The minimum Gasteiger partial charge on any atom is -0.391 e. The van der Waals surface area contributed by atoms with E-state index in [4.69, 9.17) is 5.73 Å². The Kier molecular flexibility index (Phi) is 6.13. The fraction of sp³-hybridized carbons (Fsp3) is 0.421. The molecule has 1 fully saturated rings. The molecule has 0 saturated heterocycles. The minimum absolute atomic E-state index is 0.0122. The van der Waals surface area contributed by atoms with Gasteiger partial charge in [-0.1, -0.05) is 12.1 Å². The van der Waals surface area contributed by atoms with Crippen LogP contribution in [0.2, 0.25) is 0 Å². The van der Waals surface area contributed by atoms with E-state index in [2.05, 4.69) is 20.6 Å². The van der Waals surface area contributed by atoms with Crippen LogP contribution in [0.3, 0.4) is 0 Å². The largest absolute Gasteiger partial charge is 0.391 e. The van der Waals surface area contributed by atoms with Crippen molar-refractivity contribution in [3.8, 4) is 0 Å². The maximum absolute atomic E-state index is 12.7. The fourth-order valence-corrected chi connectivity index (χ4v) is 4.55. The van der Waals surface area contributed by atoms with E-state index < -0.39 is 38.2 Å². The van der Waals surface area contributed by atoms with Gasteiger partial charge in [-0.2, -0.15) is 4.98 Å². The first-order chi connectivity index (χ1) is 14.1. The highest BCUT2D eigenvalue weighted by Gasteiger charge is 2.27. The molecule has 1 aromatic heterocycles. The highest BCUT2D eigenvalue weighted by molar-refractivity contribution is 7.92. The number of amides is 1. The van der Waals surface area contributed by atoms with Gasteiger partial charge in [-0.25, -0.2) is 8.42 Å². The Morgan fingerprint density at radius 3 is 2.60 bits per heavy atom. The highest BCUT2D eigenvalue weighted by atomic mass is 32.2. The van der Waals surface area contributed by atoms with Crippen molar-refractivity contribution in [2.24, 2.45) is 5.73 Å². The molecular formula is C19H25N5O5S. The summed E-state index contributed by atoms with van der Waals surface area (Å²) >= 11 is 0. The van der Waals surface area contributed by atoms with Gasteiger partial charge in [0.2, 0.25) is 5.95 Å². The van der Waals surface area contributed by atoms with Crippen molar-refractivity contribution >= 4 is 33.2 Å². The number of H-pyrrole nitrogens is 1. The van der Waals surface area contributed by atoms with Crippen LogP contribution in [0.5, 0.6) is 0 Å². The van der Waals surface area contributed by atoms with Crippen LogP contribution in [0.25, 0.3) is 0 Å². The van der Waals surface area contributed by atoms with Crippen LogP contribution in [0, 0.1) is 0 Å². The first-order valence-corrected chi connectivity index (χ1v) is 11.1. The molecule has 1 amide bonds. The number of benzene rings is 1. The number of carbonyl (C=O) groups is 1. The third-order valence-electron chi connectivity index (χ3n) is 5.03. The topological polar surface area (TPSA) is 167 Å². The highest BCUT2D eigenvalue weighted by Crippen LogP contribution is 2.28. The molecule has 0 spiro atoms. The number of sulfone groups is 1. The van der Waals surface area contributed by atoms with Crippen LogP contribution >= 0.6 is 0 Å². The zero-order chi connectivity index (χ0) is 22.1. The van der Waals surface area contributed by atoms with Crippen molar-refractivity contribution in [1.82, 2.24) is 9.97 Å².